The van der Waals surface area contributed by atoms with Crippen molar-refractivity contribution in [3.63, 3.8) is 0 Å². The number of halogens is 3. The molecule has 0 saturated carbocycles. The molecule has 1 atom stereocenters. The second-order valence-electron chi connectivity index (χ2n) is 4.48. The lowest BCUT2D eigenvalue weighted by atomic mass is 10.0. The number of piperidine rings is 1. The molecule has 2 aliphatic rings. The number of hydrogen-bond acceptors (Lipinski definition) is 3. The van der Waals surface area contributed by atoms with Gasteiger partial charge in [0, 0.05) is 25.7 Å². The molecule has 0 aromatic heterocycles. The van der Waals surface area contributed by atoms with Crippen molar-refractivity contribution in [3.05, 3.63) is 0 Å². The first-order chi connectivity index (χ1) is 7.59. The Hall–Kier alpha value is -0.330. The lowest BCUT2D eigenvalue weighted by Gasteiger charge is -2.43. The Kier molecular flexibility index (Phi) is 3.71. The van der Waals surface area contributed by atoms with Gasteiger partial charge in [-0.2, -0.15) is 13.2 Å². The zero-order chi connectivity index (χ0) is 11.6. The molecule has 2 N–H and O–H groups in total. The van der Waals surface area contributed by atoms with Crippen LogP contribution in [-0.2, 0) is 0 Å². The summed E-state index contributed by atoms with van der Waals surface area (Å²) in [7, 11) is 0. The Morgan fingerprint density at radius 3 is 2.31 bits per heavy atom. The van der Waals surface area contributed by atoms with E-state index in [9.17, 15) is 13.2 Å². The van der Waals surface area contributed by atoms with Crippen LogP contribution < -0.4 is 10.6 Å². The molecule has 0 aromatic carbocycles. The number of nitrogens with one attached hydrogen (secondary N) is 2. The highest BCUT2D eigenvalue weighted by molar-refractivity contribution is 4.91. The van der Waals surface area contributed by atoms with Crippen LogP contribution in [0.25, 0.3) is 0 Å². The summed E-state index contributed by atoms with van der Waals surface area (Å²) < 4.78 is 38.5. The van der Waals surface area contributed by atoms with E-state index >= 15 is 0 Å². The molecule has 0 aliphatic carbocycles. The highest BCUT2D eigenvalue weighted by Crippen LogP contribution is 2.29. The van der Waals surface area contributed by atoms with Gasteiger partial charge in [0.25, 0.3) is 0 Å². The van der Waals surface area contributed by atoms with E-state index in [4.69, 9.17) is 0 Å². The topological polar surface area (TPSA) is 27.3 Å². The molecule has 2 saturated heterocycles. The molecule has 1 unspecified atom stereocenters. The molecule has 0 bridgehead atoms. The normalized spacial score (nSPS) is 30.6. The second kappa shape index (κ2) is 4.89. The van der Waals surface area contributed by atoms with Crippen molar-refractivity contribution in [1.29, 1.82) is 0 Å². The van der Waals surface area contributed by atoms with Crippen LogP contribution in [0.3, 0.4) is 0 Å². The fraction of sp³-hybridized carbons (Fsp3) is 1.00. The Balaban J connectivity index is 2.03. The third kappa shape index (κ3) is 2.67. The van der Waals surface area contributed by atoms with Crippen LogP contribution in [0, 0.1) is 0 Å². The van der Waals surface area contributed by atoms with Gasteiger partial charge in [0.15, 0.2) is 0 Å². The van der Waals surface area contributed by atoms with Gasteiger partial charge in [0.1, 0.15) is 6.04 Å². The van der Waals surface area contributed by atoms with Gasteiger partial charge in [-0.15, -0.1) is 0 Å². The van der Waals surface area contributed by atoms with Crippen molar-refractivity contribution in [2.45, 2.75) is 31.1 Å². The second-order valence-corrected chi connectivity index (χ2v) is 4.48. The fourth-order valence-electron chi connectivity index (χ4n) is 2.60. The minimum atomic E-state index is -4.11. The average molecular weight is 237 g/mol. The maximum atomic E-state index is 12.8. The molecule has 2 fully saturated rings. The first-order valence-electron chi connectivity index (χ1n) is 5.83. The van der Waals surface area contributed by atoms with Crippen molar-refractivity contribution in [3.8, 4) is 0 Å². The van der Waals surface area contributed by atoms with Crippen molar-refractivity contribution in [2.75, 3.05) is 32.7 Å². The summed E-state index contributed by atoms with van der Waals surface area (Å²) in [6, 6.07) is -1.21. The third-order valence-corrected chi connectivity index (χ3v) is 3.44. The predicted molar refractivity (Wildman–Crippen MR) is 55.3 cm³/mol. The smallest absolute Gasteiger partial charge is 0.317 e. The standard InChI is InChI=1S/C10H18F3N3/c11-10(12,13)9-7-15-5-6-16(9)8-1-3-14-4-2-8/h8-9,14-15H,1-7H2. The Labute approximate surface area is 93.4 Å². The zero-order valence-electron chi connectivity index (χ0n) is 9.19. The van der Waals surface area contributed by atoms with Crippen LogP contribution >= 0.6 is 0 Å². The summed E-state index contributed by atoms with van der Waals surface area (Å²) in [6.45, 7) is 2.87. The molecule has 2 rings (SSSR count). The Morgan fingerprint density at radius 1 is 1.00 bits per heavy atom. The summed E-state index contributed by atoms with van der Waals surface area (Å²) in [4.78, 5) is 1.65. The quantitative estimate of drug-likeness (QED) is 0.698. The maximum Gasteiger partial charge on any atom is 0.405 e. The Bertz CT molecular complexity index is 226. The first kappa shape index (κ1) is 12.1. The van der Waals surface area contributed by atoms with Crippen molar-refractivity contribution < 1.29 is 13.2 Å². The van der Waals surface area contributed by atoms with Crippen LogP contribution in [0.1, 0.15) is 12.8 Å². The van der Waals surface area contributed by atoms with Gasteiger partial charge in [0.05, 0.1) is 0 Å². The predicted octanol–water partition coefficient (Wildman–Crippen LogP) is 0.574. The highest BCUT2D eigenvalue weighted by atomic mass is 19.4. The monoisotopic (exact) mass is 237 g/mol. The van der Waals surface area contributed by atoms with Gasteiger partial charge in [-0.3, -0.25) is 4.90 Å². The number of alkyl halides is 3. The van der Waals surface area contributed by atoms with Crippen molar-refractivity contribution >= 4 is 0 Å². The van der Waals surface area contributed by atoms with Crippen LogP contribution in [0.2, 0.25) is 0 Å². The molecule has 2 heterocycles. The molecule has 3 nitrogen and oxygen atoms in total. The summed E-state index contributed by atoms with van der Waals surface area (Å²) in [6.07, 6.45) is -2.46. The third-order valence-electron chi connectivity index (χ3n) is 3.44. The van der Waals surface area contributed by atoms with Crippen LogP contribution in [0.5, 0.6) is 0 Å². The molecule has 2 aliphatic heterocycles. The van der Waals surface area contributed by atoms with E-state index < -0.39 is 12.2 Å². The number of rotatable bonds is 1. The lowest BCUT2D eigenvalue weighted by Crippen LogP contribution is -2.62. The molecule has 16 heavy (non-hydrogen) atoms. The van der Waals surface area contributed by atoms with E-state index in [1.54, 1.807) is 4.90 Å². The average Bonchev–Trinajstić information content (AvgIpc) is 2.29. The summed E-state index contributed by atoms with van der Waals surface area (Å²) >= 11 is 0. The molecule has 6 heteroatoms. The van der Waals surface area contributed by atoms with Gasteiger partial charge in [0.2, 0.25) is 0 Å². The van der Waals surface area contributed by atoms with Gasteiger partial charge >= 0.3 is 6.18 Å². The minimum Gasteiger partial charge on any atom is -0.317 e. The van der Waals surface area contributed by atoms with Gasteiger partial charge < -0.3 is 10.6 Å². The van der Waals surface area contributed by atoms with Crippen LogP contribution in [-0.4, -0.2) is 55.9 Å². The minimum absolute atomic E-state index is 0.0351. The summed E-state index contributed by atoms with van der Waals surface area (Å²) in [5.41, 5.74) is 0. The number of nitrogens with zero attached hydrogens (tertiary/aromatic N) is 1. The Morgan fingerprint density at radius 2 is 1.69 bits per heavy atom. The van der Waals surface area contributed by atoms with Crippen LogP contribution in [0.15, 0.2) is 0 Å². The number of piperazine rings is 1. The number of hydrogen-bond donors (Lipinski definition) is 2. The van der Waals surface area contributed by atoms with Crippen molar-refractivity contribution in [2.24, 2.45) is 0 Å². The van der Waals surface area contributed by atoms with Crippen LogP contribution in [0.4, 0.5) is 13.2 Å². The first-order valence-corrected chi connectivity index (χ1v) is 5.83. The van der Waals surface area contributed by atoms with Crippen molar-refractivity contribution in [1.82, 2.24) is 15.5 Å². The maximum absolute atomic E-state index is 12.8. The largest absolute Gasteiger partial charge is 0.405 e. The molecule has 94 valence electrons. The fourth-order valence-corrected chi connectivity index (χ4v) is 2.60. The van der Waals surface area contributed by atoms with Gasteiger partial charge in [-0.25, -0.2) is 0 Å². The van der Waals surface area contributed by atoms with E-state index in [0.717, 1.165) is 25.9 Å². The van der Waals surface area contributed by atoms with E-state index in [1.165, 1.54) is 0 Å². The van der Waals surface area contributed by atoms with E-state index in [-0.39, 0.29) is 12.6 Å². The van der Waals surface area contributed by atoms with E-state index in [1.807, 2.05) is 0 Å². The zero-order valence-corrected chi connectivity index (χ0v) is 9.19. The lowest BCUT2D eigenvalue weighted by molar-refractivity contribution is -0.194. The molecular formula is C10H18F3N3. The van der Waals surface area contributed by atoms with E-state index in [0.29, 0.717) is 13.1 Å². The highest BCUT2D eigenvalue weighted by Gasteiger charge is 2.46. The summed E-state index contributed by atoms with van der Waals surface area (Å²) in [5, 5.41) is 6.02. The molecule has 0 spiro atoms. The van der Waals surface area contributed by atoms with E-state index in [2.05, 4.69) is 10.6 Å². The SMILES string of the molecule is FC(F)(F)C1CNCCN1C1CCNCC1. The molecular weight excluding hydrogens is 219 g/mol. The molecule has 0 radical (unpaired) electrons. The van der Waals surface area contributed by atoms with Gasteiger partial charge in [-0.05, 0) is 25.9 Å². The summed E-state index contributed by atoms with van der Waals surface area (Å²) in [5.74, 6) is 0. The molecule has 0 aromatic rings. The molecule has 0 amide bonds. The van der Waals surface area contributed by atoms with Gasteiger partial charge in [-0.1, -0.05) is 0 Å².